The average molecular weight is 512 g/mol. The van der Waals surface area contributed by atoms with Crippen molar-refractivity contribution >= 4 is 23.9 Å². The zero-order valence-corrected chi connectivity index (χ0v) is 22.6. The first kappa shape index (κ1) is 27.1. The van der Waals surface area contributed by atoms with Gasteiger partial charge in [-0.3, -0.25) is 4.79 Å². The molecule has 1 amide bonds. The van der Waals surface area contributed by atoms with Crippen LogP contribution in [-0.4, -0.2) is 54.0 Å². The van der Waals surface area contributed by atoms with Gasteiger partial charge >= 0.3 is 0 Å². The molecule has 2 aromatic carbocycles. The van der Waals surface area contributed by atoms with E-state index in [0.29, 0.717) is 34.5 Å². The predicted octanol–water partition coefficient (Wildman–Crippen LogP) is 4.53. The van der Waals surface area contributed by atoms with Gasteiger partial charge in [0.15, 0.2) is 22.5 Å². The van der Waals surface area contributed by atoms with Crippen LogP contribution in [0.15, 0.2) is 46.7 Å². The minimum Gasteiger partial charge on any atom is -0.493 e. The highest BCUT2D eigenvalue weighted by Crippen LogP contribution is 2.37. The Morgan fingerprint density at radius 3 is 2.22 bits per heavy atom. The van der Waals surface area contributed by atoms with Crippen molar-refractivity contribution in [3.05, 3.63) is 47.5 Å². The minimum atomic E-state index is -0.259. The monoisotopic (exact) mass is 511 g/mol. The van der Waals surface area contributed by atoms with E-state index in [4.69, 9.17) is 14.2 Å². The summed E-state index contributed by atoms with van der Waals surface area (Å²) < 4.78 is 18.0. The van der Waals surface area contributed by atoms with Crippen LogP contribution in [0, 0.1) is 0 Å². The van der Waals surface area contributed by atoms with Crippen LogP contribution in [0.5, 0.6) is 17.2 Å². The van der Waals surface area contributed by atoms with E-state index in [9.17, 15) is 4.79 Å². The molecule has 192 valence electrons. The lowest BCUT2D eigenvalue weighted by Gasteiger charge is -2.19. The number of amides is 1. The van der Waals surface area contributed by atoms with Crippen molar-refractivity contribution in [3.63, 3.8) is 0 Å². The van der Waals surface area contributed by atoms with Gasteiger partial charge in [0.05, 0.1) is 33.3 Å². The Hall–Kier alpha value is -3.53. The van der Waals surface area contributed by atoms with Crippen molar-refractivity contribution in [2.45, 2.75) is 44.8 Å². The van der Waals surface area contributed by atoms with Crippen molar-refractivity contribution in [1.82, 2.24) is 20.2 Å². The van der Waals surface area contributed by atoms with E-state index < -0.39 is 0 Å². The van der Waals surface area contributed by atoms with Crippen LogP contribution in [0.4, 0.5) is 0 Å². The predicted molar refractivity (Wildman–Crippen MR) is 142 cm³/mol. The number of hydrogen-bond donors (Lipinski definition) is 1. The third-order valence-electron chi connectivity index (χ3n) is 5.46. The summed E-state index contributed by atoms with van der Waals surface area (Å²) in [5.41, 5.74) is 5.55. The summed E-state index contributed by atoms with van der Waals surface area (Å²) in [7, 11) is 4.62. The number of nitrogens with one attached hydrogen (secondary N) is 1. The molecule has 0 spiro atoms. The number of hydrogen-bond acceptors (Lipinski definition) is 8. The fourth-order valence-electron chi connectivity index (χ4n) is 3.53. The fourth-order valence-corrected chi connectivity index (χ4v) is 4.33. The molecule has 0 aliphatic heterocycles. The molecule has 3 rings (SSSR count). The summed E-state index contributed by atoms with van der Waals surface area (Å²) in [4.78, 5) is 12.4. The molecule has 0 saturated carbocycles. The molecule has 0 atom stereocenters. The van der Waals surface area contributed by atoms with Crippen molar-refractivity contribution < 1.29 is 19.0 Å². The number of rotatable bonds is 10. The Balaban J connectivity index is 1.64. The molecule has 0 aliphatic carbocycles. The zero-order valence-electron chi connectivity index (χ0n) is 21.8. The van der Waals surface area contributed by atoms with E-state index >= 15 is 0 Å². The number of carbonyl (C=O) groups is 1. The normalized spacial score (nSPS) is 11.5. The van der Waals surface area contributed by atoms with E-state index in [1.54, 1.807) is 26.4 Å². The van der Waals surface area contributed by atoms with Gasteiger partial charge in [-0.05, 0) is 30.0 Å². The molecule has 3 aromatic rings. The van der Waals surface area contributed by atoms with E-state index in [1.807, 2.05) is 11.5 Å². The lowest BCUT2D eigenvalue weighted by atomic mass is 9.87. The van der Waals surface area contributed by atoms with Crippen LogP contribution >= 0.6 is 11.8 Å². The SMILES string of the molecule is CCn1c(SCC(=O)N/N=C/c2cc(OC)c(OC)c(OC)c2)nnc1-c1ccc(C(C)(C)C)cc1. The first-order valence-electron chi connectivity index (χ1n) is 11.5. The lowest BCUT2D eigenvalue weighted by molar-refractivity contribution is -0.118. The number of nitrogens with zero attached hydrogens (tertiary/aromatic N) is 4. The van der Waals surface area contributed by atoms with Crippen molar-refractivity contribution in [3.8, 4) is 28.6 Å². The maximum absolute atomic E-state index is 12.4. The van der Waals surface area contributed by atoms with Gasteiger partial charge < -0.3 is 18.8 Å². The molecular weight excluding hydrogens is 478 g/mol. The largest absolute Gasteiger partial charge is 0.493 e. The maximum atomic E-state index is 12.4. The molecule has 0 aliphatic rings. The fraction of sp³-hybridized carbons (Fsp3) is 0.385. The number of thioether (sulfide) groups is 1. The van der Waals surface area contributed by atoms with Crippen LogP contribution < -0.4 is 19.6 Å². The highest BCUT2D eigenvalue weighted by Gasteiger charge is 2.17. The molecule has 9 nitrogen and oxygen atoms in total. The van der Waals surface area contributed by atoms with Gasteiger partial charge in [-0.15, -0.1) is 10.2 Å². The van der Waals surface area contributed by atoms with Gasteiger partial charge in [-0.25, -0.2) is 5.43 Å². The van der Waals surface area contributed by atoms with Gasteiger partial charge in [-0.2, -0.15) is 5.10 Å². The molecular formula is C26H33N5O4S. The van der Waals surface area contributed by atoms with E-state index in [1.165, 1.54) is 30.6 Å². The molecule has 36 heavy (non-hydrogen) atoms. The smallest absolute Gasteiger partial charge is 0.250 e. The van der Waals surface area contributed by atoms with E-state index in [2.05, 4.69) is 65.8 Å². The van der Waals surface area contributed by atoms with Crippen molar-refractivity contribution in [1.29, 1.82) is 0 Å². The Kier molecular flexibility index (Phi) is 8.98. The number of methoxy groups -OCH3 is 3. The van der Waals surface area contributed by atoms with Crippen LogP contribution in [0.2, 0.25) is 0 Å². The molecule has 1 aromatic heterocycles. The molecule has 0 unspecified atom stereocenters. The number of hydrazone groups is 1. The van der Waals surface area contributed by atoms with E-state index in [0.717, 1.165) is 11.4 Å². The first-order chi connectivity index (χ1) is 17.2. The third-order valence-corrected chi connectivity index (χ3v) is 6.43. The standard InChI is InChI=1S/C26H33N5O4S/c1-8-31-24(18-9-11-19(12-10-18)26(2,3)4)29-30-25(31)36-16-22(32)28-27-15-17-13-20(33-5)23(35-7)21(14-17)34-6/h9-15H,8,16H2,1-7H3,(H,28,32)/b27-15+. The number of ether oxygens (including phenoxy) is 3. The lowest BCUT2D eigenvalue weighted by Crippen LogP contribution is -2.20. The Bertz CT molecular complexity index is 1190. The Labute approximate surface area is 216 Å². The molecule has 1 N–H and O–H groups in total. The molecule has 0 bridgehead atoms. The molecule has 1 heterocycles. The summed E-state index contributed by atoms with van der Waals surface area (Å²) in [6, 6.07) is 11.9. The summed E-state index contributed by atoms with van der Waals surface area (Å²) >= 11 is 1.31. The summed E-state index contributed by atoms with van der Waals surface area (Å²) in [5.74, 6) is 2.16. The minimum absolute atomic E-state index is 0.0827. The van der Waals surface area contributed by atoms with Crippen LogP contribution in [0.25, 0.3) is 11.4 Å². The van der Waals surface area contributed by atoms with Gasteiger partial charge in [0.1, 0.15) is 0 Å². The number of carbonyl (C=O) groups excluding carboxylic acids is 1. The van der Waals surface area contributed by atoms with Crippen molar-refractivity contribution in [2.24, 2.45) is 5.10 Å². The topological polar surface area (TPSA) is 99.9 Å². The maximum Gasteiger partial charge on any atom is 0.250 e. The van der Waals surface area contributed by atoms with Gasteiger partial charge in [0.25, 0.3) is 5.91 Å². The summed E-state index contributed by atoms with van der Waals surface area (Å²) in [6.07, 6.45) is 1.51. The summed E-state index contributed by atoms with van der Waals surface area (Å²) in [6.45, 7) is 9.27. The van der Waals surface area contributed by atoms with Gasteiger partial charge in [0.2, 0.25) is 5.75 Å². The number of benzene rings is 2. The highest BCUT2D eigenvalue weighted by atomic mass is 32.2. The first-order valence-corrected chi connectivity index (χ1v) is 12.5. The van der Waals surface area contributed by atoms with Crippen LogP contribution in [0.1, 0.15) is 38.8 Å². The highest BCUT2D eigenvalue weighted by molar-refractivity contribution is 7.99. The zero-order chi connectivity index (χ0) is 26.3. The second-order valence-electron chi connectivity index (χ2n) is 8.92. The van der Waals surface area contributed by atoms with E-state index in [-0.39, 0.29) is 17.1 Å². The van der Waals surface area contributed by atoms with Gasteiger partial charge in [-0.1, -0.05) is 56.8 Å². The Morgan fingerprint density at radius 1 is 1.06 bits per heavy atom. The van der Waals surface area contributed by atoms with Crippen LogP contribution in [0.3, 0.4) is 0 Å². The molecule has 0 fully saturated rings. The number of aromatic nitrogens is 3. The van der Waals surface area contributed by atoms with Crippen LogP contribution in [-0.2, 0) is 16.8 Å². The summed E-state index contributed by atoms with van der Waals surface area (Å²) in [5, 5.41) is 13.4. The molecule has 0 radical (unpaired) electrons. The quantitative estimate of drug-likeness (QED) is 0.242. The second-order valence-corrected chi connectivity index (χ2v) is 9.86. The van der Waals surface area contributed by atoms with Gasteiger partial charge in [0, 0.05) is 17.7 Å². The Morgan fingerprint density at radius 2 is 1.69 bits per heavy atom. The van der Waals surface area contributed by atoms with Crippen molar-refractivity contribution in [2.75, 3.05) is 27.1 Å². The second kappa shape index (κ2) is 11.9. The molecule has 0 saturated heterocycles. The third kappa shape index (κ3) is 6.37. The average Bonchev–Trinajstić information content (AvgIpc) is 3.29. The molecule has 10 heteroatoms.